The summed E-state index contributed by atoms with van der Waals surface area (Å²) in [7, 11) is 0. The van der Waals surface area contributed by atoms with Gasteiger partial charge in [-0.2, -0.15) is 0 Å². The monoisotopic (exact) mass is 242 g/mol. The Morgan fingerprint density at radius 3 is 2.40 bits per heavy atom. The van der Waals surface area contributed by atoms with E-state index in [1.54, 1.807) is 0 Å². The number of hydrogen-bond donors (Lipinski definition) is 0. The van der Waals surface area contributed by atoms with E-state index in [2.05, 4.69) is 30.3 Å². The average molecular weight is 243 g/mol. The summed E-state index contributed by atoms with van der Waals surface area (Å²) in [6.07, 6.45) is 5.08. The zero-order chi connectivity index (χ0) is 10.9. The Bertz CT molecular complexity index is 291. The van der Waals surface area contributed by atoms with Crippen molar-refractivity contribution in [2.75, 3.05) is 11.8 Å². The highest BCUT2D eigenvalue weighted by Gasteiger charge is 1.98. The van der Waals surface area contributed by atoms with Crippen molar-refractivity contribution in [1.82, 2.24) is 0 Å². The standard InChI is InChI=1S/C13H16Cl2/c14-9-4-7-13(8-10-15)11-12-5-2-1-3-6-12/h1-3,5-7H,4,8-11H2. The van der Waals surface area contributed by atoms with Crippen molar-refractivity contribution in [2.45, 2.75) is 19.3 Å². The fourth-order valence-electron chi connectivity index (χ4n) is 1.50. The molecule has 0 amide bonds. The van der Waals surface area contributed by atoms with E-state index < -0.39 is 0 Å². The van der Waals surface area contributed by atoms with Crippen LogP contribution in [-0.2, 0) is 6.42 Å². The maximum atomic E-state index is 5.77. The van der Waals surface area contributed by atoms with Gasteiger partial charge in [0.1, 0.15) is 0 Å². The van der Waals surface area contributed by atoms with Crippen LogP contribution in [0.5, 0.6) is 0 Å². The minimum absolute atomic E-state index is 0.681. The number of benzene rings is 1. The van der Waals surface area contributed by atoms with E-state index in [1.165, 1.54) is 11.1 Å². The van der Waals surface area contributed by atoms with Gasteiger partial charge >= 0.3 is 0 Å². The number of rotatable bonds is 6. The molecule has 15 heavy (non-hydrogen) atoms. The smallest absolute Gasteiger partial charge is 0.0260 e. The van der Waals surface area contributed by atoms with Crippen molar-refractivity contribution < 1.29 is 0 Å². The normalized spacial score (nSPS) is 11.7. The number of alkyl halides is 2. The highest BCUT2D eigenvalue weighted by atomic mass is 35.5. The topological polar surface area (TPSA) is 0 Å². The molecule has 0 aromatic heterocycles. The number of hydrogen-bond acceptors (Lipinski definition) is 0. The van der Waals surface area contributed by atoms with Crippen LogP contribution < -0.4 is 0 Å². The van der Waals surface area contributed by atoms with Crippen molar-refractivity contribution in [1.29, 1.82) is 0 Å². The van der Waals surface area contributed by atoms with E-state index in [-0.39, 0.29) is 0 Å². The molecule has 0 unspecified atom stereocenters. The van der Waals surface area contributed by atoms with E-state index in [4.69, 9.17) is 23.2 Å². The molecule has 1 rings (SSSR count). The molecule has 0 fully saturated rings. The molecule has 0 N–H and O–H groups in total. The molecule has 0 aliphatic carbocycles. The fourth-order valence-corrected chi connectivity index (χ4v) is 1.85. The highest BCUT2D eigenvalue weighted by molar-refractivity contribution is 6.18. The molecule has 0 bridgehead atoms. The van der Waals surface area contributed by atoms with Crippen LogP contribution in [0.3, 0.4) is 0 Å². The van der Waals surface area contributed by atoms with E-state index in [9.17, 15) is 0 Å². The maximum Gasteiger partial charge on any atom is 0.0260 e. The van der Waals surface area contributed by atoms with Crippen LogP contribution in [0.25, 0.3) is 0 Å². The Morgan fingerprint density at radius 2 is 1.80 bits per heavy atom. The van der Waals surface area contributed by atoms with Gasteiger partial charge in [-0.25, -0.2) is 0 Å². The van der Waals surface area contributed by atoms with Crippen LogP contribution in [0.1, 0.15) is 18.4 Å². The van der Waals surface area contributed by atoms with E-state index >= 15 is 0 Å². The first-order chi connectivity index (χ1) is 7.36. The van der Waals surface area contributed by atoms with E-state index in [1.807, 2.05) is 6.07 Å². The Kier molecular flexibility index (Phi) is 6.54. The summed E-state index contributed by atoms with van der Waals surface area (Å²) in [4.78, 5) is 0. The minimum Gasteiger partial charge on any atom is -0.126 e. The third-order valence-electron chi connectivity index (χ3n) is 2.23. The lowest BCUT2D eigenvalue weighted by atomic mass is 10.0. The summed E-state index contributed by atoms with van der Waals surface area (Å²) in [5.41, 5.74) is 2.72. The molecule has 0 nitrogen and oxygen atoms in total. The average Bonchev–Trinajstić information content (AvgIpc) is 2.28. The molecule has 82 valence electrons. The molecular weight excluding hydrogens is 227 g/mol. The van der Waals surface area contributed by atoms with Gasteiger partial charge in [0.2, 0.25) is 0 Å². The van der Waals surface area contributed by atoms with Gasteiger partial charge in [0.05, 0.1) is 0 Å². The van der Waals surface area contributed by atoms with Gasteiger partial charge in [-0.15, -0.1) is 23.2 Å². The second-order valence-corrected chi connectivity index (χ2v) is 4.20. The first kappa shape index (κ1) is 12.6. The second-order valence-electron chi connectivity index (χ2n) is 3.44. The number of halogens is 2. The molecule has 0 saturated heterocycles. The molecule has 0 aliphatic heterocycles. The molecule has 2 heteroatoms. The first-order valence-corrected chi connectivity index (χ1v) is 6.27. The predicted octanol–water partition coefficient (Wildman–Crippen LogP) is 4.41. The molecule has 0 heterocycles. The molecule has 0 spiro atoms. The summed E-state index contributed by atoms with van der Waals surface area (Å²) in [6, 6.07) is 10.4. The fraction of sp³-hybridized carbons (Fsp3) is 0.385. The molecule has 0 saturated carbocycles. The van der Waals surface area contributed by atoms with Crippen LogP contribution in [-0.4, -0.2) is 11.8 Å². The number of allylic oxidation sites excluding steroid dienone is 2. The lowest BCUT2D eigenvalue weighted by Gasteiger charge is -2.05. The largest absolute Gasteiger partial charge is 0.126 e. The molecule has 1 aromatic carbocycles. The van der Waals surface area contributed by atoms with Gasteiger partial charge in [0, 0.05) is 11.8 Å². The van der Waals surface area contributed by atoms with E-state index in [0.29, 0.717) is 11.8 Å². The van der Waals surface area contributed by atoms with Crippen LogP contribution >= 0.6 is 23.2 Å². The summed E-state index contributed by atoms with van der Waals surface area (Å²) >= 11 is 11.4. The van der Waals surface area contributed by atoms with Crippen LogP contribution in [0.4, 0.5) is 0 Å². The zero-order valence-electron chi connectivity index (χ0n) is 8.76. The first-order valence-electron chi connectivity index (χ1n) is 5.20. The van der Waals surface area contributed by atoms with Crippen molar-refractivity contribution in [3.63, 3.8) is 0 Å². The maximum absolute atomic E-state index is 5.77. The van der Waals surface area contributed by atoms with E-state index in [0.717, 1.165) is 19.3 Å². The zero-order valence-corrected chi connectivity index (χ0v) is 10.3. The van der Waals surface area contributed by atoms with Crippen molar-refractivity contribution in [3.05, 3.63) is 47.5 Å². The molecule has 0 atom stereocenters. The van der Waals surface area contributed by atoms with Crippen molar-refractivity contribution in [3.8, 4) is 0 Å². The SMILES string of the molecule is ClCCC=C(CCCl)Cc1ccccc1. The second kappa shape index (κ2) is 7.78. The van der Waals surface area contributed by atoms with Crippen molar-refractivity contribution >= 4 is 23.2 Å². The van der Waals surface area contributed by atoms with Gasteiger partial charge in [0.15, 0.2) is 0 Å². The van der Waals surface area contributed by atoms with Crippen LogP contribution in [0.15, 0.2) is 42.0 Å². The Balaban J connectivity index is 2.58. The van der Waals surface area contributed by atoms with Crippen LogP contribution in [0, 0.1) is 0 Å². The van der Waals surface area contributed by atoms with Gasteiger partial charge in [-0.3, -0.25) is 0 Å². The highest BCUT2D eigenvalue weighted by Crippen LogP contribution is 2.13. The van der Waals surface area contributed by atoms with Crippen molar-refractivity contribution in [2.24, 2.45) is 0 Å². The Hall–Kier alpha value is -0.460. The summed E-state index contributed by atoms with van der Waals surface area (Å²) < 4.78 is 0. The van der Waals surface area contributed by atoms with Gasteiger partial charge in [-0.05, 0) is 24.8 Å². The lowest BCUT2D eigenvalue weighted by molar-refractivity contribution is 0.984. The third kappa shape index (κ3) is 5.25. The van der Waals surface area contributed by atoms with Gasteiger partial charge in [-0.1, -0.05) is 42.0 Å². The molecular formula is C13H16Cl2. The quantitative estimate of drug-likeness (QED) is 0.512. The molecule has 0 radical (unpaired) electrons. The summed E-state index contributed by atoms with van der Waals surface area (Å²) in [5.74, 6) is 1.36. The third-order valence-corrected chi connectivity index (χ3v) is 2.64. The molecule has 1 aromatic rings. The summed E-state index contributed by atoms with van der Waals surface area (Å²) in [6.45, 7) is 0. The van der Waals surface area contributed by atoms with Gasteiger partial charge in [0.25, 0.3) is 0 Å². The lowest BCUT2D eigenvalue weighted by Crippen LogP contribution is -1.92. The minimum atomic E-state index is 0.681. The summed E-state index contributed by atoms with van der Waals surface area (Å²) in [5, 5.41) is 0. The van der Waals surface area contributed by atoms with Crippen LogP contribution in [0.2, 0.25) is 0 Å². The van der Waals surface area contributed by atoms with Gasteiger partial charge < -0.3 is 0 Å². The molecule has 0 aliphatic rings. The Labute approximate surface area is 102 Å². The predicted molar refractivity (Wildman–Crippen MR) is 68.9 cm³/mol. The Morgan fingerprint density at radius 1 is 1.07 bits per heavy atom.